The van der Waals surface area contributed by atoms with Crippen molar-refractivity contribution in [3.8, 4) is 0 Å². The second-order valence-electron chi connectivity index (χ2n) is 6.06. The third-order valence-electron chi connectivity index (χ3n) is 3.99. The van der Waals surface area contributed by atoms with Crippen LogP contribution in [0.4, 0.5) is 11.4 Å². The van der Waals surface area contributed by atoms with Crippen LogP contribution in [0.5, 0.6) is 0 Å². The molecule has 0 aliphatic rings. The number of nitrogen functional groups attached to an aromatic ring is 1. The summed E-state index contributed by atoms with van der Waals surface area (Å²) >= 11 is 0. The summed E-state index contributed by atoms with van der Waals surface area (Å²) in [5.41, 5.74) is 8.79. The smallest absolute Gasteiger partial charge is 0.210 e. The largest absolute Gasteiger partial charge is 0.420 e. The molecular formula is C19H28N4O4S2Y2-2. The normalized spacial score (nSPS) is 10.7. The van der Waals surface area contributed by atoms with Crippen LogP contribution in [0.3, 0.4) is 0 Å². The van der Waals surface area contributed by atoms with Crippen LogP contribution in [0, 0.1) is 12.1 Å². The molecule has 0 bridgehead atoms. The van der Waals surface area contributed by atoms with Crippen molar-refractivity contribution in [2.75, 3.05) is 43.7 Å². The quantitative estimate of drug-likeness (QED) is 0.243. The zero-order valence-electron chi connectivity index (χ0n) is 18.0. The maximum atomic E-state index is 11.2. The Kier molecular flexibility index (Phi) is 17.8. The molecule has 2 rings (SSSR count). The topological polar surface area (TPSA) is 130 Å². The van der Waals surface area contributed by atoms with Gasteiger partial charge in [0.15, 0.2) is 0 Å². The van der Waals surface area contributed by atoms with Crippen LogP contribution in [0.25, 0.3) is 0 Å². The predicted molar refractivity (Wildman–Crippen MR) is 118 cm³/mol. The van der Waals surface area contributed by atoms with Crippen molar-refractivity contribution >= 4 is 31.4 Å². The molecule has 0 saturated carbocycles. The maximum Gasteiger partial charge on any atom is 0.210 e. The van der Waals surface area contributed by atoms with Gasteiger partial charge in [0.25, 0.3) is 0 Å². The molecule has 0 heterocycles. The average molecular weight is 618 g/mol. The van der Waals surface area contributed by atoms with Gasteiger partial charge >= 0.3 is 0 Å². The fourth-order valence-electron chi connectivity index (χ4n) is 2.10. The molecule has 0 unspecified atom stereocenters. The van der Waals surface area contributed by atoms with Crippen LogP contribution in [0.1, 0.15) is 11.1 Å². The van der Waals surface area contributed by atoms with Crippen molar-refractivity contribution < 1.29 is 82.3 Å². The molecule has 168 valence electrons. The fourth-order valence-corrected chi connectivity index (χ4v) is 3.52. The molecule has 0 aromatic heterocycles. The first-order valence-corrected chi connectivity index (χ1v) is 12.2. The minimum Gasteiger partial charge on any atom is -0.420 e. The molecule has 0 amide bonds. The number of sulfonamides is 2. The van der Waals surface area contributed by atoms with E-state index in [9.17, 15) is 16.8 Å². The predicted octanol–water partition coefficient (Wildman–Crippen LogP) is 0.776. The Morgan fingerprint density at radius 2 is 1.23 bits per heavy atom. The first-order valence-electron chi connectivity index (χ1n) is 8.87. The van der Waals surface area contributed by atoms with E-state index in [4.69, 9.17) is 5.73 Å². The number of rotatable bonds is 9. The molecule has 0 saturated heterocycles. The molecule has 5 N–H and O–H groups in total. The average Bonchev–Trinajstić information content (AvgIpc) is 2.73. The van der Waals surface area contributed by atoms with E-state index < -0.39 is 20.0 Å². The molecule has 0 fully saturated rings. The number of hydrogen-bond donors (Lipinski definition) is 4. The number of hydrogen-bond acceptors (Lipinski definition) is 6. The number of benzene rings is 2. The van der Waals surface area contributed by atoms with E-state index in [1.165, 1.54) is 14.1 Å². The molecule has 2 radical (unpaired) electrons. The van der Waals surface area contributed by atoms with Crippen molar-refractivity contribution in [3.05, 3.63) is 59.7 Å². The second kappa shape index (κ2) is 16.6. The number of anilines is 2. The van der Waals surface area contributed by atoms with Gasteiger partial charge in [-0.3, -0.25) is 0 Å². The summed E-state index contributed by atoms with van der Waals surface area (Å²) in [6.45, 7) is 0. The third-order valence-corrected chi connectivity index (χ3v) is 6.72. The molecule has 12 heteroatoms. The van der Waals surface area contributed by atoms with Gasteiger partial charge in [-0.1, -0.05) is 24.2 Å². The van der Waals surface area contributed by atoms with Crippen LogP contribution >= 0.6 is 0 Å². The van der Waals surface area contributed by atoms with Crippen LogP contribution in [-0.4, -0.2) is 49.5 Å². The summed E-state index contributed by atoms with van der Waals surface area (Å²) < 4.78 is 49.1. The van der Waals surface area contributed by atoms with Crippen LogP contribution in [-0.2, 0) is 98.3 Å². The summed E-state index contributed by atoms with van der Waals surface area (Å²) in [6.07, 6.45) is 0.976. The molecule has 0 atom stereocenters. The standard InChI is InChI=1S/C10H15N2O2S.C9H13N2O2S.2Y/c1-11-10-5-3-9(4-6-10)7-8-15(13,14)12-2;1-11-14(12,13)7-6-8-2-4-9(10)5-3-8;;/h3-5,11-12H,7-8H2,1-2H3;2-4,11H,6-7,10H2,1H3;;/q2*-1;;. The molecule has 0 spiro atoms. The van der Waals surface area contributed by atoms with E-state index in [0.29, 0.717) is 18.5 Å². The van der Waals surface area contributed by atoms with Gasteiger partial charge in [-0.05, 0) is 14.1 Å². The van der Waals surface area contributed by atoms with Gasteiger partial charge in [-0.15, -0.1) is 12.1 Å². The van der Waals surface area contributed by atoms with E-state index in [1.807, 2.05) is 19.2 Å². The van der Waals surface area contributed by atoms with Crippen LogP contribution in [0.15, 0.2) is 36.4 Å². The van der Waals surface area contributed by atoms with Crippen molar-refractivity contribution in [1.82, 2.24) is 9.44 Å². The zero-order chi connectivity index (χ0) is 21.9. The minimum absolute atomic E-state index is 0. The van der Waals surface area contributed by atoms with E-state index in [0.717, 1.165) is 16.8 Å². The zero-order valence-corrected chi connectivity index (χ0v) is 25.3. The van der Waals surface area contributed by atoms with Gasteiger partial charge in [-0.25, -0.2) is 26.3 Å². The molecule has 8 nitrogen and oxygen atoms in total. The Morgan fingerprint density at radius 1 is 0.774 bits per heavy atom. The van der Waals surface area contributed by atoms with Crippen LogP contribution in [0.2, 0.25) is 0 Å². The monoisotopic (exact) mass is 618 g/mol. The van der Waals surface area contributed by atoms with Crippen molar-refractivity contribution in [2.24, 2.45) is 0 Å². The molecule has 2 aromatic rings. The summed E-state index contributed by atoms with van der Waals surface area (Å²) in [5, 5.41) is 2.95. The summed E-state index contributed by atoms with van der Waals surface area (Å²) in [5.74, 6) is 0.192. The molecule has 2 aromatic carbocycles. The Labute approximate surface area is 236 Å². The van der Waals surface area contributed by atoms with Crippen molar-refractivity contribution in [3.63, 3.8) is 0 Å². The van der Waals surface area contributed by atoms with E-state index >= 15 is 0 Å². The van der Waals surface area contributed by atoms with E-state index in [2.05, 4.69) is 26.9 Å². The van der Waals surface area contributed by atoms with E-state index in [-0.39, 0.29) is 76.9 Å². The Balaban J connectivity index is 0. The van der Waals surface area contributed by atoms with Crippen molar-refractivity contribution in [1.29, 1.82) is 0 Å². The van der Waals surface area contributed by atoms with Gasteiger partial charge in [0, 0.05) is 72.5 Å². The Morgan fingerprint density at radius 3 is 1.55 bits per heavy atom. The number of nitrogens with two attached hydrogens (primary N) is 1. The molecule has 31 heavy (non-hydrogen) atoms. The molecular weight excluding hydrogens is 590 g/mol. The Bertz CT molecular complexity index is 953. The summed E-state index contributed by atoms with van der Waals surface area (Å²) in [6, 6.07) is 16.6. The molecule has 0 aliphatic carbocycles. The van der Waals surface area contributed by atoms with Gasteiger partial charge in [0.05, 0.1) is 11.5 Å². The first kappa shape index (κ1) is 33.2. The summed E-state index contributed by atoms with van der Waals surface area (Å²) in [7, 11) is -1.59. The maximum absolute atomic E-state index is 11.2. The first-order chi connectivity index (χ1) is 13.6. The summed E-state index contributed by atoms with van der Waals surface area (Å²) in [4.78, 5) is 0. The number of aryl methyl sites for hydroxylation is 2. The second-order valence-corrected chi connectivity index (χ2v) is 10.2. The van der Waals surface area contributed by atoms with Crippen LogP contribution < -0.4 is 20.5 Å². The van der Waals surface area contributed by atoms with Gasteiger partial charge in [0.2, 0.25) is 20.0 Å². The Hall–Kier alpha value is 0.0678. The van der Waals surface area contributed by atoms with Gasteiger partial charge in [0.1, 0.15) is 0 Å². The minimum atomic E-state index is -3.12. The van der Waals surface area contributed by atoms with Gasteiger partial charge < -0.3 is 11.1 Å². The third kappa shape index (κ3) is 14.8. The van der Waals surface area contributed by atoms with Crippen molar-refractivity contribution in [2.45, 2.75) is 12.8 Å². The number of nitrogens with one attached hydrogen (secondary N) is 3. The molecule has 0 aliphatic heterocycles. The van der Waals surface area contributed by atoms with Gasteiger partial charge in [-0.2, -0.15) is 47.5 Å². The SMILES string of the molecule is CNS(=O)(=O)CCc1c[c-]c(N)cc1.CNc1[c-]cc(CCS(=O)(=O)NC)cc1.[Y].[Y]. The fraction of sp³-hybridized carbons (Fsp3) is 0.368. The van der Waals surface area contributed by atoms with E-state index in [1.54, 1.807) is 24.3 Å².